The Bertz CT molecular complexity index is 734. The van der Waals surface area contributed by atoms with Crippen molar-refractivity contribution >= 4 is 18.3 Å². The molecule has 1 heterocycles. The molecule has 1 saturated heterocycles. The molecule has 0 radical (unpaired) electrons. The summed E-state index contributed by atoms with van der Waals surface area (Å²) in [6.45, 7) is 8.84. The zero-order chi connectivity index (χ0) is 18.8. The van der Waals surface area contributed by atoms with Crippen molar-refractivity contribution in [3.8, 4) is 5.75 Å². The summed E-state index contributed by atoms with van der Waals surface area (Å²) in [6.07, 6.45) is 0. The molecule has 0 aromatic heterocycles. The lowest BCUT2D eigenvalue weighted by molar-refractivity contribution is 0.00578. The van der Waals surface area contributed by atoms with Crippen LogP contribution < -0.4 is 21.1 Å². The highest BCUT2D eigenvalue weighted by molar-refractivity contribution is 6.62. The van der Waals surface area contributed by atoms with Gasteiger partial charge in [0.15, 0.2) is 0 Å². The van der Waals surface area contributed by atoms with Gasteiger partial charge in [-0.25, -0.2) is 5.43 Å². The SMILES string of the molecule is COc1ccc(B2OC(C)(C)C(C)(C)O2)cc1CNNc1ccccc1. The normalized spacial score (nSPS) is 18.0. The monoisotopic (exact) mass is 354 g/mol. The number of rotatable bonds is 6. The second kappa shape index (κ2) is 7.31. The molecule has 0 bridgehead atoms. The molecule has 2 aromatic carbocycles. The third-order valence-corrected chi connectivity index (χ3v) is 5.12. The molecular weight excluding hydrogens is 327 g/mol. The van der Waals surface area contributed by atoms with Crippen LogP contribution in [0.5, 0.6) is 5.75 Å². The van der Waals surface area contributed by atoms with Gasteiger partial charge >= 0.3 is 7.12 Å². The maximum absolute atomic E-state index is 6.15. The third kappa shape index (κ3) is 3.87. The molecule has 0 unspecified atom stereocenters. The summed E-state index contributed by atoms with van der Waals surface area (Å²) in [5, 5.41) is 0. The fourth-order valence-corrected chi connectivity index (χ4v) is 2.83. The van der Waals surface area contributed by atoms with Crippen LogP contribution in [0, 0.1) is 0 Å². The van der Waals surface area contributed by atoms with Crippen LogP contribution in [0.25, 0.3) is 0 Å². The van der Waals surface area contributed by atoms with Crippen LogP contribution >= 0.6 is 0 Å². The Morgan fingerprint density at radius 2 is 1.62 bits per heavy atom. The van der Waals surface area contributed by atoms with Crippen molar-refractivity contribution in [3.63, 3.8) is 0 Å². The highest BCUT2D eigenvalue weighted by Crippen LogP contribution is 2.36. The van der Waals surface area contributed by atoms with E-state index in [9.17, 15) is 0 Å². The molecule has 1 aliphatic heterocycles. The summed E-state index contributed by atoms with van der Waals surface area (Å²) in [4.78, 5) is 0. The zero-order valence-electron chi connectivity index (χ0n) is 16.1. The van der Waals surface area contributed by atoms with Gasteiger partial charge in [0.25, 0.3) is 0 Å². The van der Waals surface area contributed by atoms with E-state index in [4.69, 9.17) is 14.0 Å². The minimum Gasteiger partial charge on any atom is -0.496 e. The number of methoxy groups -OCH3 is 1. The molecule has 0 amide bonds. The van der Waals surface area contributed by atoms with Gasteiger partial charge in [-0.15, -0.1) is 0 Å². The quantitative estimate of drug-likeness (QED) is 0.617. The Kier molecular flexibility index (Phi) is 5.28. The lowest BCUT2D eigenvalue weighted by atomic mass is 9.78. The molecule has 0 atom stereocenters. The first-order chi connectivity index (χ1) is 12.3. The molecule has 6 heteroatoms. The van der Waals surface area contributed by atoms with E-state index in [0.717, 1.165) is 22.5 Å². The van der Waals surface area contributed by atoms with Gasteiger partial charge in [0.2, 0.25) is 0 Å². The van der Waals surface area contributed by atoms with Crippen molar-refractivity contribution in [2.45, 2.75) is 45.4 Å². The summed E-state index contributed by atoms with van der Waals surface area (Å²) in [5.41, 5.74) is 8.74. The van der Waals surface area contributed by atoms with Crippen LogP contribution in [-0.2, 0) is 15.9 Å². The maximum atomic E-state index is 6.15. The first kappa shape index (κ1) is 18.8. The second-order valence-corrected chi connectivity index (χ2v) is 7.50. The molecule has 1 fully saturated rings. The van der Waals surface area contributed by atoms with E-state index in [1.807, 2.05) is 42.5 Å². The summed E-state index contributed by atoms with van der Waals surface area (Å²) < 4.78 is 17.8. The molecule has 3 rings (SSSR count). The van der Waals surface area contributed by atoms with Gasteiger partial charge in [-0.05, 0) is 51.4 Å². The predicted octanol–water partition coefficient (Wildman–Crippen LogP) is 3.11. The van der Waals surface area contributed by atoms with Gasteiger partial charge in [-0.3, -0.25) is 0 Å². The van der Waals surface area contributed by atoms with Crippen LogP contribution in [0.4, 0.5) is 5.69 Å². The standard InChI is InChI=1S/C20H27BN2O3/c1-19(2)20(3,4)26-21(25-19)16-11-12-18(24-5)15(13-16)14-22-23-17-9-7-6-8-10-17/h6-13,22-23H,14H2,1-5H3. The summed E-state index contributed by atoms with van der Waals surface area (Å²) in [7, 11) is 1.30. The number of hydrogen-bond acceptors (Lipinski definition) is 5. The van der Waals surface area contributed by atoms with Crippen LogP contribution in [0.15, 0.2) is 48.5 Å². The summed E-state index contributed by atoms with van der Waals surface area (Å²) >= 11 is 0. The van der Waals surface area contributed by atoms with Gasteiger partial charge in [0.05, 0.1) is 18.3 Å². The van der Waals surface area contributed by atoms with Crippen molar-refractivity contribution in [1.82, 2.24) is 5.43 Å². The Hall–Kier alpha value is -2.02. The largest absolute Gasteiger partial charge is 0.496 e. The van der Waals surface area contributed by atoms with E-state index >= 15 is 0 Å². The van der Waals surface area contributed by atoms with Crippen molar-refractivity contribution < 1.29 is 14.0 Å². The number of benzene rings is 2. The highest BCUT2D eigenvalue weighted by atomic mass is 16.7. The van der Waals surface area contributed by atoms with E-state index in [1.165, 1.54) is 0 Å². The van der Waals surface area contributed by atoms with E-state index in [0.29, 0.717) is 6.54 Å². The average molecular weight is 354 g/mol. The fraction of sp³-hybridized carbons (Fsp3) is 0.400. The molecule has 5 nitrogen and oxygen atoms in total. The van der Waals surface area contributed by atoms with Crippen LogP contribution in [-0.4, -0.2) is 25.4 Å². The topological polar surface area (TPSA) is 51.8 Å². The molecule has 0 saturated carbocycles. The number of anilines is 1. The lowest BCUT2D eigenvalue weighted by Crippen LogP contribution is -2.41. The Morgan fingerprint density at radius 1 is 0.962 bits per heavy atom. The average Bonchev–Trinajstić information content (AvgIpc) is 2.83. The fourth-order valence-electron chi connectivity index (χ4n) is 2.83. The zero-order valence-corrected chi connectivity index (χ0v) is 16.1. The highest BCUT2D eigenvalue weighted by Gasteiger charge is 2.51. The number of hydrazine groups is 1. The van der Waals surface area contributed by atoms with Crippen molar-refractivity contribution in [3.05, 3.63) is 54.1 Å². The Morgan fingerprint density at radius 3 is 2.23 bits per heavy atom. The van der Waals surface area contributed by atoms with Gasteiger partial charge < -0.3 is 19.5 Å². The molecule has 138 valence electrons. The molecular formula is C20H27BN2O3. The third-order valence-electron chi connectivity index (χ3n) is 5.12. The van der Waals surface area contributed by atoms with Crippen molar-refractivity contribution in [1.29, 1.82) is 0 Å². The summed E-state index contributed by atoms with van der Waals surface area (Å²) in [6, 6.07) is 16.0. The first-order valence-corrected chi connectivity index (χ1v) is 8.89. The number of nitrogens with one attached hydrogen (secondary N) is 2. The van der Waals surface area contributed by atoms with Crippen LogP contribution in [0.2, 0.25) is 0 Å². The molecule has 2 aromatic rings. The van der Waals surface area contributed by atoms with E-state index in [1.54, 1.807) is 7.11 Å². The maximum Gasteiger partial charge on any atom is 0.494 e. The van der Waals surface area contributed by atoms with E-state index in [2.05, 4.69) is 44.6 Å². The Balaban J connectivity index is 1.73. The van der Waals surface area contributed by atoms with Gasteiger partial charge in [0, 0.05) is 17.8 Å². The number of ether oxygens (including phenoxy) is 1. The van der Waals surface area contributed by atoms with Crippen LogP contribution in [0.1, 0.15) is 33.3 Å². The molecule has 2 N–H and O–H groups in total. The van der Waals surface area contributed by atoms with E-state index < -0.39 is 0 Å². The lowest BCUT2D eigenvalue weighted by Gasteiger charge is -2.32. The minimum absolute atomic E-state index is 0.356. The smallest absolute Gasteiger partial charge is 0.494 e. The molecule has 0 spiro atoms. The minimum atomic E-state index is -0.383. The Labute approximate surface area is 156 Å². The van der Waals surface area contributed by atoms with Gasteiger partial charge in [-0.2, -0.15) is 0 Å². The van der Waals surface area contributed by atoms with Gasteiger partial charge in [0.1, 0.15) is 5.75 Å². The van der Waals surface area contributed by atoms with Gasteiger partial charge in [-0.1, -0.05) is 30.3 Å². The van der Waals surface area contributed by atoms with Crippen molar-refractivity contribution in [2.24, 2.45) is 0 Å². The van der Waals surface area contributed by atoms with Crippen molar-refractivity contribution in [2.75, 3.05) is 12.5 Å². The number of para-hydroxylation sites is 1. The second-order valence-electron chi connectivity index (χ2n) is 7.50. The first-order valence-electron chi connectivity index (χ1n) is 8.89. The number of hydrogen-bond donors (Lipinski definition) is 2. The summed E-state index contributed by atoms with van der Waals surface area (Å²) in [5.74, 6) is 0.827. The molecule has 1 aliphatic rings. The molecule has 0 aliphatic carbocycles. The molecule has 26 heavy (non-hydrogen) atoms. The van der Waals surface area contributed by atoms with Crippen LogP contribution in [0.3, 0.4) is 0 Å². The van der Waals surface area contributed by atoms with E-state index in [-0.39, 0.29) is 18.3 Å². The predicted molar refractivity (Wildman–Crippen MR) is 106 cm³/mol.